The summed E-state index contributed by atoms with van der Waals surface area (Å²) in [7, 11) is 0. The van der Waals surface area contributed by atoms with Gasteiger partial charge in [0.1, 0.15) is 5.75 Å². The zero-order chi connectivity index (χ0) is 17.0. The summed E-state index contributed by atoms with van der Waals surface area (Å²) >= 11 is 0. The molecule has 0 bridgehead atoms. The van der Waals surface area contributed by atoms with Crippen LogP contribution in [0.2, 0.25) is 0 Å². The minimum Gasteiger partial charge on any atom is -0.507 e. The van der Waals surface area contributed by atoms with E-state index in [-0.39, 0.29) is 23.6 Å². The molecule has 2 aromatic rings. The topological polar surface area (TPSA) is 57.5 Å². The Bertz CT molecular complexity index is 682. The molecule has 0 radical (unpaired) electrons. The first-order chi connectivity index (χ1) is 10.8. The molecule has 2 rings (SSSR count). The second-order valence-corrected chi connectivity index (χ2v) is 6.81. The number of carbonyl (C=O) groups is 1. The number of aromatic hydroxyl groups is 1. The van der Waals surface area contributed by atoms with Crippen LogP contribution in [0.5, 0.6) is 5.75 Å². The molecule has 0 amide bonds. The number of benzene rings is 2. The lowest BCUT2D eigenvalue weighted by atomic mass is 9.82. The molecular formula is C20H24O3. The zero-order valence-electron chi connectivity index (χ0n) is 14.0. The molecule has 0 saturated carbocycles. The second kappa shape index (κ2) is 6.97. The Morgan fingerprint density at radius 1 is 1.09 bits per heavy atom. The molecule has 2 aromatic carbocycles. The summed E-state index contributed by atoms with van der Waals surface area (Å²) in [6, 6.07) is 12.7. The number of phenolic OH excluding ortho intramolecular Hbond substituents is 1. The van der Waals surface area contributed by atoms with Gasteiger partial charge in [-0.1, -0.05) is 57.2 Å². The van der Waals surface area contributed by atoms with E-state index >= 15 is 0 Å². The summed E-state index contributed by atoms with van der Waals surface area (Å²) in [5.74, 6) is -0.126. The van der Waals surface area contributed by atoms with Crippen LogP contribution in [0.15, 0.2) is 42.5 Å². The Morgan fingerprint density at radius 3 is 2.30 bits per heavy atom. The van der Waals surface area contributed by atoms with E-state index < -0.39 is 0 Å². The largest absolute Gasteiger partial charge is 0.507 e. The lowest BCUT2D eigenvalue weighted by Gasteiger charge is -2.23. The highest BCUT2D eigenvalue weighted by Gasteiger charge is 2.24. The molecule has 0 spiro atoms. The summed E-state index contributed by atoms with van der Waals surface area (Å²) < 4.78 is 0. The van der Waals surface area contributed by atoms with Gasteiger partial charge in [-0.3, -0.25) is 4.79 Å². The summed E-state index contributed by atoms with van der Waals surface area (Å²) in [5, 5.41) is 19.7. The molecule has 0 aliphatic heterocycles. The predicted octanol–water partition coefficient (Wildman–Crippen LogP) is 3.85. The number of hydrogen-bond acceptors (Lipinski definition) is 3. The third kappa shape index (κ3) is 3.99. The fourth-order valence-electron chi connectivity index (χ4n) is 2.61. The SMILES string of the molecule is CC(C)(C)c1cc(CCCO)cc(C(=O)c2ccccc2)c1O. The maximum absolute atomic E-state index is 12.8. The fraction of sp³-hybridized carbons (Fsp3) is 0.350. The van der Waals surface area contributed by atoms with Crippen molar-refractivity contribution in [1.82, 2.24) is 0 Å². The standard InChI is InChI=1S/C20H24O3/c1-20(2,3)17-13-14(8-7-11-21)12-16(19(17)23)18(22)15-9-5-4-6-10-15/h4-6,9-10,12-13,21,23H,7-8,11H2,1-3H3. The molecule has 0 atom stereocenters. The molecule has 0 fully saturated rings. The molecule has 3 heteroatoms. The molecule has 2 N–H and O–H groups in total. The smallest absolute Gasteiger partial charge is 0.196 e. The number of ketones is 1. The molecule has 0 unspecified atom stereocenters. The van der Waals surface area contributed by atoms with Crippen LogP contribution < -0.4 is 0 Å². The van der Waals surface area contributed by atoms with Gasteiger partial charge in [0.25, 0.3) is 0 Å². The highest BCUT2D eigenvalue weighted by molar-refractivity contribution is 6.11. The molecule has 0 aliphatic rings. The summed E-state index contributed by atoms with van der Waals surface area (Å²) in [6.07, 6.45) is 1.31. The van der Waals surface area contributed by atoms with Gasteiger partial charge in [0.15, 0.2) is 5.78 Å². The van der Waals surface area contributed by atoms with Gasteiger partial charge in [0, 0.05) is 17.7 Å². The zero-order valence-corrected chi connectivity index (χ0v) is 14.0. The van der Waals surface area contributed by atoms with Crippen LogP contribution in [0.1, 0.15) is 54.2 Å². The van der Waals surface area contributed by atoms with Gasteiger partial charge in [-0.25, -0.2) is 0 Å². The van der Waals surface area contributed by atoms with Crippen molar-refractivity contribution < 1.29 is 15.0 Å². The summed E-state index contributed by atoms with van der Waals surface area (Å²) in [5.41, 5.74) is 2.33. The van der Waals surface area contributed by atoms with E-state index in [0.29, 0.717) is 24.0 Å². The van der Waals surface area contributed by atoms with Crippen molar-refractivity contribution >= 4 is 5.78 Å². The van der Waals surface area contributed by atoms with Gasteiger partial charge < -0.3 is 10.2 Å². The van der Waals surface area contributed by atoms with Crippen molar-refractivity contribution in [3.8, 4) is 5.75 Å². The Kier molecular flexibility index (Phi) is 5.22. The molecule has 3 nitrogen and oxygen atoms in total. The van der Waals surface area contributed by atoms with Gasteiger partial charge in [-0.2, -0.15) is 0 Å². The third-order valence-electron chi connectivity index (χ3n) is 3.88. The van der Waals surface area contributed by atoms with Crippen molar-refractivity contribution in [3.05, 3.63) is 64.7 Å². The van der Waals surface area contributed by atoms with Gasteiger partial charge in [0.2, 0.25) is 0 Å². The van der Waals surface area contributed by atoms with Crippen molar-refractivity contribution in [2.45, 2.75) is 39.0 Å². The quantitative estimate of drug-likeness (QED) is 0.825. The molecule has 0 aliphatic carbocycles. The number of aryl methyl sites for hydroxylation is 1. The first kappa shape index (κ1) is 17.2. The maximum Gasteiger partial charge on any atom is 0.196 e. The number of carbonyl (C=O) groups excluding carboxylic acids is 1. The molecule has 0 heterocycles. The second-order valence-electron chi connectivity index (χ2n) is 6.81. The Balaban J connectivity index is 2.55. The molecule has 0 aromatic heterocycles. The predicted molar refractivity (Wildman–Crippen MR) is 92.1 cm³/mol. The average molecular weight is 312 g/mol. The first-order valence-corrected chi connectivity index (χ1v) is 7.91. The van der Waals surface area contributed by atoms with E-state index in [9.17, 15) is 9.90 Å². The van der Waals surface area contributed by atoms with E-state index in [1.54, 1.807) is 18.2 Å². The molecule has 122 valence electrons. The van der Waals surface area contributed by atoms with Gasteiger partial charge in [-0.15, -0.1) is 0 Å². The first-order valence-electron chi connectivity index (χ1n) is 7.91. The van der Waals surface area contributed by atoms with Crippen LogP contribution in [0, 0.1) is 0 Å². The minimum atomic E-state index is -0.273. The van der Waals surface area contributed by atoms with Crippen molar-refractivity contribution in [2.24, 2.45) is 0 Å². The van der Waals surface area contributed by atoms with Crippen LogP contribution in [-0.2, 0) is 11.8 Å². The maximum atomic E-state index is 12.8. The van der Waals surface area contributed by atoms with Gasteiger partial charge in [0.05, 0.1) is 5.56 Å². The van der Waals surface area contributed by atoms with E-state index in [2.05, 4.69) is 0 Å². The monoisotopic (exact) mass is 312 g/mol. The minimum absolute atomic E-state index is 0.0547. The van der Waals surface area contributed by atoms with Crippen LogP contribution in [0.3, 0.4) is 0 Å². The fourth-order valence-corrected chi connectivity index (χ4v) is 2.61. The van der Waals surface area contributed by atoms with Crippen LogP contribution in [0.25, 0.3) is 0 Å². The van der Waals surface area contributed by atoms with Crippen molar-refractivity contribution in [2.75, 3.05) is 6.61 Å². The summed E-state index contributed by atoms with van der Waals surface area (Å²) in [4.78, 5) is 12.8. The van der Waals surface area contributed by atoms with Gasteiger partial charge in [-0.05, 0) is 29.9 Å². The molecule has 23 heavy (non-hydrogen) atoms. The third-order valence-corrected chi connectivity index (χ3v) is 3.88. The lowest BCUT2D eigenvalue weighted by Crippen LogP contribution is -2.14. The number of rotatable bonds is 5. The molecular weight excluding hydrogens is 288 g/mol. The average Bonchev–Trinajstić information content (AvgIpc) is 2.53. The Morgan fingerprint density at radius 2 is 1.74 bits per heavy atom. The van der Waals surface area contributed by atoms with E-state index in [4.69, 9.17) is 5.11 Å². The van der Waals surface area contributed by atoms with Crippen molar-refractivity contribution in [1.29, 1.82) is 0 Å². The number of hydrogen-bond donors (Lipinski definition) is 2. The molecule has 0 saturated heterocycles. The van der Waals surface area contributed by atoms with Crippen LogP contribution in [-0.4, -0.2) is 22.6 Å². The van der Waals surface area contributed by atoms with Crippen molar-refractivity contribution in [3.63, 3.8) is 0 Å². The van der Waals surface area contributed by atoms with E-state index in [0.717, 1.165) is 11.1 Å². The number of aliphatic hydroxyl groups is 1. The highest BCUT2D eigenvalue weighted by atomic mass is 16.3. The summed E-state index contributed by atoms with van der Waals surface area (Å²) in [6.45, 7) is 6.13. The highest BCUT2D eigenvalue weighted by Crippen LogP contribution is 2.35. The Labute approximate surface area is 137 Å². The lowest BCUT2D eigenvalue weighted by molar-refractivity contribution is 0.103. The van der Waals surface area contributed by atoms with Gasteiger partial charge >= 0.3 is 0 Å². The number of phenols is 1. The number of aliphatic hydroxyl groups excluding tert-OH is 1. The van der Waals surface area contributed by atoms with Crippen LogP contribution >= 0.6 is 0 Å². The van der Waals surface area contributed by atoms with E-state index in [1.165, 1.54) is 0 Å². The van der Waals surface area contributed by atoms with E-state index in [1.807, 2.05) is 45.0 Å². The Hall–Kier alpha value is -2.13. The van der Waals surface area contributed by atoms with Crippen LogP contribution in [0.4, 0.5) is 0 Å². The normalized spacial score (nSPS) is 11.5.